The summed E-state index contributed by atoms with van der Waals surface area (Å²) in [6.45, 7) is 7.69. The van der Waals surface area contributed by atoms with E-state index in [2.05, 4.69) is 38.3 Å². The van der Waals surface area contributed by atoms with E-state index in [1.165, 1.54) is 18.5 Å². The molecule has 0 saturated carbocycles. The van der Waals surface area contributed by atoms with Crippen molar-refractivity contribution in [3.63, 3.8) is 0 Å². The zero-order valence-electron chi connectivity index (χ0n) is 19.0. The molecule has 4 aromatic rings. The van der Waals surface area contributed by atoms with Crippen molar-refractivity contribution in [1.29, 1.82) is 0 Å². The van der Waals surface area contributed by atoms with Gasteiger partial charge in [-0.25, -0.2) is 4.98 Å². The van der Waals surface area contributed by atoms with E-state index >= 15 is 0 Å². The average Bonchev–Trinajstić information content (AvgIpc) is 3.44. The van der Waals surface area contributed by atoms with Gasteiger partial charge < -0.3 is 15.0 Å². The van der Waals surface area contributed by atoms with Gasteiger partial charge in [-0.05, 0) is 57.5 Å². The largest absolute Gasteiger partial charge is 0.377 e. The molecular weight excluding hydrogens is 416 g/mol. The van der Waals surface area contributed by atoms with Crippen LogP contribution in [0.25, 0.3) is 21.8 Å². The Kier molecular flexibility index (Phi) is 4.92. The second kappa shape index (κ2) is 7.97. The Morgan fingerprint density at radius 3 is 2.91 bits per heavy atom. The first-order chi connectivity index (χ1) is 16.0. The number of nitrogens with zero attached hydrogens (tertiary/aromatic N) is 4. The lowest BCUT2D eigenvalue weighted by Gasteiger charge is -2.26. The summed E-state index contributed by atoms with van der Waals surface area (Å²) in [6, 6.07) is 10.7. The molecule has 3 aromatic heterocycles. The number of aromatic nitrogens is 4. The number of ether oxygens (including phenoxy) is 1. The molecule has 0 aliphatic carbocycles. The van der Waals surface area contributed by atoms with Crippen LogP contribution < -0.4 is 5.32 Å². The Hall–Kier alpha value is -3.23. The van der Waals surface area contributed by atoms with E-state index in [0.29, 0.717) is 30.6 Å². The van der Waals surface area contributed by atoms with Gasteiger partial charge in [-0.15, -0.1) is 0 Å². The van der Waals surface area contributed by atoms with Gasteiger partial charge in [-0.1, -0.05) is 0 Å². The third-order valence-electron chi connectivity index (χ3n) is 6.98. The minimum atomic E-state index is -0.180. The van der Waals surface area contributed by atoms with Crippen molar-refractivity contribution in [3.05, 3.63) is 53.5 Å². The highest BCUT2D eigenvalue weighted by atomic mass is 16.5. The van der Waals surface area contributed by atoms with E-state index in [4.69, 9.17) is 4.74 Å². The third kappa shape index (κ3) is 3.69. The van der Waals surface area contributed by atoms with Crippen LogP contribution in [0.3, 0.4) is 0 Å². The maximum absolute atomic E-state index is 13.0. The van der Waals surface area contributed by atoms with Crippen molar-refractivity contribution in [2.45, 2.75) is 45.3 Å². The van der Waals surface area contributed by atoms with Crippen LogP contribution >= 0.6 is 0 Å². The molecule has 2 aliphatic rings. The predicted molar refractivity (Wildman–Crippen MR) is 127 cm³/mol. The van der Waals surface area contributed by atoms with Crippen molar-refractivity contribution in [1.82, 2.24) is 24.6 Å². The average molecular weight is 445 g/mol. The number of likely N-dealkylation sites (tertiary alicyclic amines) is 1. The number of benzene rings is 1. The maximum Gasteiger partial charge on any atom is 0.256 e. The summed E-state index contributed by atoms with van der Waals surface area (Å²) in [5.74, 6) is 0.357. The van der Waals surface area contributed by atoms with Crippen LogP contribution in [-0.2, 0) is 11.3 Å². The monoisotopic (exact) mass is 444 g/mol. The number of rotatable bonds is 5. The van der Waals surface area contributed by atoms with E-state index < -0.39 is 0 Å². The molecule has 1 atom stereocenters. The smallest absolute Gasteiger partial charge is 0.256 e. The highest BCUT2D eigenvalue weighted by Crippen LogP contribution is 2.27. The van der Waals surface area contributed by atoms with Gasteiger partial charge in [0.2, 0.25) is 0 Å². The molecule has 2 saturated heterocycles. The molecule has 170 valence electrons. The van der Waals surface area contributed by atoms with Crippen LogP contribution in [0.5, 0.6) is 0 Å². The summed E-state index contributed by atoms with van der Waals surface area (Å²) < 4.78 is 7.32. The van der Waals surface area contributed by atoms with Crippen LogP contribution in [0, 0.1) is 6.92 Å². The van der Waals surface area contributed by atoms with Gasteiger partial charge in [0.15, 0.2) is 0 Å². The summed E-state index contributed by atoms with van der Waals surface area (Å²) in [4.78, 5) is 23.4. The highest BCUT2D eigenvalue weighted by molar-refractivity contribution is 6.06. The number of nitrogens with one attached hydrogen (secondary N) is 2. The maximum atomic E-state index is 13.0. The number of aromatic amines is 1. The van der Waals surface area contributed by atoms with E-state index in [1.807, 2.05) is 42.1 Å². The molecule has 0 bridgehead atoms. The van der Waals surface area contributed by atoms with E-state index in [1.54, 1.807) is 0 Å². The van der Waals surface area contributed by atoms with Crippen molar-refractivity contribution in [2.75, 3.05) is 25.1 Å². The van der Waals surface area contributed by atoms with Crippen LogP contribution in [0.4, 0.5) is 5.82 Å². The second-order valence-electron chi connectivity index (χ2n) is 9.32. The van der Waals surface area contributed by atoms with Gasteiger partial charge in [0.25, 0.3) is 5.91 Å². The molecule has 2 N–H and O–H groups in total. The first kappa shape index (κ1) is 20.4. The summed E-state index contributed by atoms with van der Waals surface area (Å²) in [7, 11) is 0. The fourth-order valence-electron chi connectivity index (χ4n) is 4.95. The lowest BCUT2D eigenvalue weighted by molar-refractivity contribution is -0.0267. The van der Waals surface area contributed by atoms with Crippen molar-refractivity contribution >= 4 is 33.5 Å². The zero-order valence-corrected chi connectivity index (χ0v) is 19.0. The van der Waals surface area contributed by atoms with Gasteiger partial charge in [0, 0.05) is 46.9 Å². The molecule has 33 heavy (non-hydrogen) atoms. The zero-order chi connectivity index (χ0) is 22.5. The number of H-pyrrole nitrogens is 1. The standard InChI is InChI=1S/C25H28N6O2/c1-15-4-3-7-30(15)12-19-8-18-11-26-24(10-22(18)27-19)28-25(32)17-5-6-23-21(9-17)16(2)29-31(23)20-13-33-14-20/h5-6,8-11,15,20,27H,3-4,7,12-14H2,1-2H3,(H,26,28,32)/t15-/m0/s1. The SMILES string of the molecule is Cc1nn(C2COC2)c2ccc(C(=O)Nc3cc4[nH]c(CN5CCC[C@@H]5C)cc4cn3)cc12. The Labute approximate surface area is 191 Å². The first-order valence-corrected chi connectivity index (χ1v) is 11.6. The molecule has 0 unspecified atom stereocenters. The summed E-state index contributed by atoms with van der Waals surface area (Å²) in [6.07, 6.45) is 4.34. The van der Waals surface area contributed by atoms with E-state index in [-0.39, 0.29) is 11.9 Å². The summed E-state index contributed by atoms with van der Waals surface area (Å²) in [5, 5.41) is 9.65. The topological polar surface area (TPSA) is 88.1 Å². The Balaban J connectivity index is 1.21. The van der Waals surface area contributed by atoms with Crippen LogP contribution in [-0.4, -0.2) is 56.4 Å². The quantitative estimate of drug-likeness (QED) is 0.485. The number of fused-ring (bicyclic) bond motifs is 2. The second-order valence-corrected chi connectivity index (χ2v) is 9.32. The Morgan fingerprint density at radius 1 is 1.27 bits per heavy atom. The van der Waals surface area contributed by atoms with Gasteiger partial charge in [0.1, 0.15) is 5.82 Å². The van der Waals surface area contributed by atoms with E-state index in [9.17, 15) is 4.79 Å². The van der Waals surface area contributed by atoms with E-state index in [0.717, 1.165) is 40.6 Å². The molecule has 6 rings (SSSR count). The molecule has 8 nitrogen and oxygen atoms in total. The molecule has 1 amide bonds. The van der Waals surface area contributed by atoms with Gasteiger partial charge in [0.05, 0.1) is 36.0 Å². The number of carbonyl (C=O) groups excluding carboxylic acids is 1. The molecule has 8 heteroatoms. The molecule has 2 aliphatic heterocycles. The molecule has 2 fully saturated rings. The van der Waals surface area contributed by atoms with Crippen molar-refractivity contribution in [3.8, 4) is 0 Å². The van der Waals surface area contributed by atoms with Crippen LogP contribution in [0.1, 0.15) is 47.6 Å². The number of amides is 1. The number of hydrogen-bond acceptors (Lipinski definition) is 5. The fourth-order valence-corrected chi connectivity index (χ4v) is 4.95. The first-order valence-electron chi connectivity index (χ1n) is 11.6. The summed E-state index contributed by atoms with van der Waals surface area (Å²) >= 11 is 0. The Bertz CT molecular complexity index is 1350. The number of pyridine rings is 1. The van der Waals surface area contributed by atoms with Crippen molar-refractivity contribution in [2.24, 2.45) is 0 Å². The molecule has 1 aromatic carbocycles. The fraction of sp³-hybridized carbons (Fsp3) is 0.400. The molecule has 0 spiro atoms. The van der Waals surface area contributed by atoms with Gasteiger partial charge in [-0.2, -0.15) is 5.10 Å². The highest BCUT2D eigenvalue weighted by Gasteiger charge is 2.24. The van der Waals surface area contributed by atoms with Crippen LogP contribution in [0.2, 0.25) is 0 Å². The van der Waals surface area contributed by atoms with Gasteiger partial charge in [-0.3, -0.25) is 14.4 Å². The van der Waals surface area contributed by atoms with Crippen molar-refractivity contribution < 1.29 is 9.53 Å². The number of anilines is 1. The van der Waals surface area contributed by atoms with Gasteiger partial charge >= 0.3 is 0 Å². The molecular formula is C25H28N6O2. The Morgan fingerprint density at radius 2 is 2.15 bits per heavy atom. The normalized spacial score (nSPS) is 19.4. The van der Waals surface area contributed by atoms with Crippen LogP contribution in [0.15, 0.2) is 36.5 Å². The number of hydrogen-bond donors (Lipinski definition) is 2. The lowest BCUT2D eigenvalue weighted by atomic mass is 10.1. The number of aryl methyl sites for hydroxylation is 1. The minimum absolute atomic E-state index is 0.180. The lowest BCUT2D eigenvalue weighted by Crippen LogP contribution is -2.31. The number of carbonyl (C=O) groups is 1. The molecule has 0 radical (unpaired) electrons. The predicted octanol–water partition coefficient (Wildman–Crippen LogP) is 4.03. The third-order valence-corrected chi connectivity index (χ3v) is 6.98. The minimum Gasteiger partial charge on any atom is -0.377 e. The summed E-state index contributed by atoms with van der Waals surface area (Å²) in [5.41, 5.74) is 4.70. The molecule has 5 heterocycles.